The molecule has 3 atom stereocenters. The van der Waals surface area contributed by atoms with E-state index in [0.717, 1.165) is 18.9 Å². The summed E-state index contributed by atoms with van der Waals surface area (Å²) in [7, 11) is 0. The number of nitrogens with one attached hydrogen (secondary N) is 1. The molecule has 4 aliphatic carbocycles. The molecule has 0 saturated heterocycles. The van der Waals surface area contributed by atoms with Crippen LogP contribution in [0.3, 0.4) is 0 Å². The molecule has 112 valence electrons. The van der Waals surface area contributed by atoms with Gasteiger partial charge in [0.15, 0.2) is 0 Å². The van der Waals surface area contributed by atoms with E-state index in [1.807, 2.05) is 6.92 Å². The second kappa shape index (κ2) is 4.77. The van der Waals surface area contributed by atoms with E-state index in [9.17, 15) is 0 Å². The van der Waals surface area contributed by atoms with Crippen LogP contribution in [-0.4, -0.2) is 12.6 Å². The van der Waals surface area contributed by atoms with E-state index >= 15 is 0 Å². The molecule has 1 heteroatoms. The lowest BCUT2D eigenvalue weighted by Gasteiger charge is -2.67. The number of rotatable bonds is 4. The Morgan fingerprint density at radius 2 is 1.75 bits per heavy atom. The van der Waals surface area contributed by atoms with E-state index in [0.29, 0.717) is 22.3 Å². The fourth-order valence-electron chi connectivity index (χ4n) is 6.88. The van der Waals surface area contributed by atoms with Gasteiger partial charge in [-0.2, -0.15) is 0 Å². The van der Waals surface area contributed by atoms with Crippen molar-refractivity contribution < 1.29 is 0 Å². The van der Waals surface area contributed by atoms with Gasteiger partial charge in [0, 0.05) is 12.5 Å². The van der Waals surface area contributed by atoms with Crippen molar-refractivity contribution >= 4 is 0 Å². The number of hydrogen-bond acceptors (Lipinski definition) is 1. The minimum absolute atomic E-state index is 0.531. The summed E-state index contributed by atoms with van der Waals surface area (Å²) in [6, 6.07) is 0.613. The van der Waals surface area contributed by atoms with Crippen LogP contribution in [0.1, 0.15) is 72.6 Å². The molecule has 4 bridgehead atoms. The van der Waals surface area contributed by atoms with Gasteiger partial charge in [0.25, 0.3) is 0 Å². The molecule has 0 aliphatic heterocycles. The first-order valence-corrected chi connectivity index (χ1v) is 8.56. The predicted octanol–water partition coefficient (Wildman–Crippen LogP) is 4.37. The molecular formula is C19H31N. The quantitative estimate of drug-likeness (QED) is 0.750. The molecule has 4 aliphatic rings. The van der Waals surface area contributed by atoms with Crippen molar-refractivity contribution in [1.29, 1.82) is 0 Å². The van der Waals surface area contributed by atoms with Crippen LogP contribution in [-0.2, 0) is 0 Å². The third-order valence-corrected chi connectivity index (χ3v) is 6.34. The minimum atomic E-state index is 0.531. The lowest BCUT2D eigenvalue weighted by molar-refractivity contribution is -0.157. The van der Waals surface area contributed by atoms with Crippen LogP contribution in [0.25, 0.3) is 0 Å². The zero-order valence-electron chi connectivity index (χ0n) is 13.8. The Hall–Kier alpha value is -0.480. The average Bonchev–Trinajstić information content (AvgIpc) is 2.29. The average molecular weight is 273 g/mol. The van der Waals surface area contributed by atoms with Gasteiger partial charge in [0.2, 0.25) is 0 Å². The molecule has 0 aromatic carbocycles. The predicted molar refractivity (Wildman–Crippen MR) is 85.4 cm³/mol. The molecule has 4 rings (SSSR count). The molecule has 0 amide bonds. The van der Waals surface area contributed by atoms with Crippen LogP contribution < -0.4 is 5.32 Å². The summed E-state index contributed by atoms with van der Waals surface area (Å²) >= 11 is 0. The maximum atomic E-state index is 3.81. The van der Waals surface area contributed by atoms with E-state index in [4.69, 9.17) is 0 Å². The van der Waals surface area contributed by atoms with Gasteiger partial charge in [0.1, 0.15) is 0 Å². The topological polar surface area (TPSA) is 12.0 Å². The summed E-state index contributed by atoms with van der Waals surface area (Å²) in [5, 5.41) is 3.81. The molecule has 1 N–H and O–H groups in total. The number of hydrogen-bond donors (Lipinski definition) is 1. The van der Waals surface area contributed by atoms with Gasteiger partial charge in [-0.15, -0.1) is 11.8 Å². The Bertz CT molecular complexity index is 422. The second-order valence-electron chi connectivity index (χ2n) is 8.73. The molecule has 20 heavy (non-hydrogen) atoms. The maximum Gasteiger partial charge on any atom is 0.0248 e. The Kier molecular flexibility index (Phi) is 3.45. The lowest BCUT2D eigenvalue weighted by Crippen LogP contribution is -2.61. The van der Waals surface area contributed by atoms with Crippen molar-refractivity contribution in [3.63, 3.8) is 0 Å². The molecule has 0 radical (unpaired) electrons. The van der Waals surface area contributed by atoms with Gasteiger partial charge in [-0.25, -0.2) is 0 Å². The van der Waals surface area contributed by atoms with Gasteiger partial charge >= 0.3 is 0 Å². The highest BCUT2D eigenvalue weighted by molar-refractivity contribution is 5.15. The smallest absolute Gasteiger partial charge is 0.0248 e. The van der Waals surface area contributed by atoms with E-state index in [1.165, 1.54) is 38.5 Å². The van der Waals surface area contributed by atoms with Gasteiger partial charge in [-0.1, -0.05) is 20.8 Å². The van der Waals surface area contributed by atoms with Crippen molar-refractivity contribution in [2.75, 3.05) is 6.54 Å². The third kappa shape index (κ3) is 2.31. The molecule has 3 unspecified atom stereocenters. The van der Waals surface area contributed by atoms with Crippen molar-refractivity contribution in [2.24, 2.45) is 22.2 Å². The normalized spacial score (nSPS) is 46.9. The molecule has 0 heterocycles. The maximum absolute atomic E-state index is 3.81. The molecule has 1 nitrogen and oxygen atoms in total. The van der Waals surface area contributed by atoms with E-state index in [-0.39, 0.29) is 0 Å². The van der Waals surface area contributed by atoms with E-state index in [2.05, 4.69) is 37.9 Å². The van der Waals surface area contributed by atoms with Gasteiger partial charge < -0.3 is 5.32 Å². The first-order chi connectivity index (χ1) is 9.43. The van der Waals surface area contributed by atoms with Crippen LogP contribution >= 0.6 is 0 Å². The third-order valence-electron chi connectivity index (χ3n) is 6.34. The van der Waals surface area contributed by atoms with Gasteiger partial charge in [0.05, 0.1) is 0 Å². The van der Waals surface area contributed by atoms with Crippen LogP contribution in [0.5, 0.6) is 0 Å². The molecule has 0 spiro atoms. The second-order valence-corrected chi connectivity index (χ2v) is 8.73. The van der Waals surface area contributed by atoms with Crippen LogP contribution in [0.4, 0.5) is 0 Å². The van der Waals surface area contributed by atoms with Crippen LogP contribution in [0.2, 0.25) is 0 Å². The fourth-order valence-corrected chi connectivity index (χ4v) is 6.88. The van der Waals surface area contributed by atoms with Crippen LogP contribution in [0, 0.1) is 34.0 Å². The summed E-state index contributed by atoms with van der Waals surface area (Å²) in [6.07, 6.45) is 9.83. The highest BCUT2D eigenvalue weighted by Gasteiger charge is 2.61. The highest BCUT2D eigenvalue weighted by atomic mass is 14.9. The lowest BCUT2D eigenvalue weighted by atomic mass is 9.39. The Morgan fingerprint density at radius 3 is 2.25 bits per heavy atom. The summed E-state index contributed by atoms with van der Waals surface area (Å²) < 4.78 is 0. The van der Waals surface area contributed by atoms with Gasteiger partial charge in [-0.05, 0) is 74.2 Å². The molecular weight excluding hydrogens is 242 g/mol. The van der Waals surface area contributed by atoms with Crippen molar-refractivity contribution in [3.05, 3.63) is 0 Å². The zero-order valence-corrected chi connectivity index (χ0v) is 13.8. The first kappa shape index (κ1) is 14.5. The minimum Gasteiger partial charge on any atom is -0.313 e. The Labute approximate surface area is 125 Å². The molecule has 0 aromatic rings. The summed E-state index contributed by atoms with van der Waals surface area (Å²) in [6.45, 7) is 10.4. The molecule has 4 fully saturated rings. The van der Waals surface area contributed by atoms with Crippen molar-refractivity contribution in [3.8, 4) is 11.8 Å². The monoisotopic (exact) mass is 273 g/mol. The van der Waals surface area contributed by atoms with Gasteiger partial charge in [-0.3, -0.25) is 0 Å². The molecule has 0 aromatic heterocycles. The first-order valence-electron chi connectivity index (χ1n) is 8.56. The Balaban J connectivity index is 1.91. The van der Waals surface area contributed by atoms with Crippen LogP contribution in [0.15, 0.2) is 0 Å². The molecule has 4 saturated carbocycles. The summed E-state index contributed by atoms with van der Waals surface area (Å²) in [5.74, 6) is 7.47. The zero-order chi connectivity index (χ0) is 14.4. The van der Waals surface area contributed by atoms with E-state index < -0.39 is 0 Å². The Morgan fingerprint density at radius 1 is 1.10 bits per heavy atom. The van der Waals surface area contributed by atoms with Crippen molar-refractivity contribution in [2.45, 2.75) is 78.7 Å². The fraction of sp³-hybridized carbons (Fsp3) is 0.895. The van der Waals surface area contributed by atoms with Crippen molar-refractivity contribution in [1.82, 2.24) is 5.32 Å². The standard InChI is InChI=1S/C19H31N/c1-5-7-8-16(20-6-2)19-11-15-9-17(3,13-19)12-18(4,10-15)14-19/h15-16,20H,6,8-14H2,1-4H3. The summed E-state index contributed by atoms with van der Waals surface area (Å²) in [4.78, 5) is 0. The SMILES string of the molecule is CC#CCC(NCC)C12CC3CC(C)(CC(C)(C3)C1)C2. The highest BCUT2D eigenvalue weighted by Crippen LogP contribution is 2.70. The largest absolute Gasteiger partial charge is 0.313 e. The van der Waals surface area contributed by atoms with E-state index in [1.54, 1.807) is 0 Å². The summed E-state index contributed by atoms with van der Waals surface area (Å²) in [5.41, 5.74) is 1.76.